The van der Waals surface area contributed by atoms with Crippen LogP contribution < -0.4 is 10.1 Å². The smallest absolute Gasteiger partial charge is 0.251 e. The maximum absolute atomic E-state index is 12.3. The molecule has 0 aliphatic carbocycles. The first-order chi connectivity index (χ1) is 11.2. The standard InChI is InChI=1S/C17H17ClN2O2S/c18-15-4-2-1-3-13(15)10-20-17(21)12-5-7-19-16(9-12)22-14-6-8-23-11-14/h1-5,7,9,14H,6,8,10-11H2,(H,20,21)/t14-/m0/s1. The molecule has 1 fully saturated rings. The minimum atomic E-state index is -0.169. The predicted molar refractivity (Wildman–Crippen MR) is 93.2 cm³/mol. The average Bonchev–Trinajstić information content (AvgIpc) is 3.07. The molecule has 2 aromatic rings. The highest BCUT2D eigenvalue weighted by Crippen LogP contribution is 2.22. The van der Waals surface area contributed by atoms with Gasteiger partial charge in [-0.25, -0.2) is 4.98 Å². The molecule has 120 valence electrons. The topological polar surface area (TPSA) is 51.2 Å². The number of nitrogens with one attached hydrogen (secondary N) is 1. The first kappa shape index (κ1) is 16.1. The maximum Gasteiger partial charge on any atom is 0.251 e. The quantitative estimate of drug-likeness (QED) is 0.897. The number of hydrogen-bond donors (Lipinski definition) is 1. The van der Waals surface area contributed by atoms with Gasteiger partial charge in [0.2, 0.25) is 5.88 Å². The molecule has 1 amide bonds. The van der Waals surface area contributed by atoms with Gasteiger partial charge < -0.3 is 10.1 Å². The van der Waals surface area contributed by atoms with Crippen molar-refractivity contribution >= 4 is 29.3 Å². The summed E-state index contributed by atoms with van der Waals surface area (Å²) in [6, 6.07) is 10.8. The van der Waals surface area contributed by atoms with Crippen LogP contribution >= 0.6 is 23.4 Å². The molecular formula is C17H17ClN2O2S. The van der Waals surface area contributed by atoms with Crippen molar-refractivity contribution in [2.24, 2.45) is 0 Å². The minimum Gasteiger partial charge on any atom is -0.473 e. The molecule has 1 aliphatic heterocycles. The van der Waals surface area contributed by atoms with Crippen LogP contribution in [0.4, 0.5) is 0 Å². The summed E-state index contributed by atoms with van der Waals surface area (Å²) in [7, 11) is 0. The third-order valence-corrected chi connectivity index (χ3v) is 5.07. The molecular weight excluding hydrogens is 332 g/mol. The normalized spacial score (nSPS) is 17.0. The number of carbonyl (C=O) groups excluding carboxylic acids is 1. The molecule has 6 heteroatoms. The minimum absolute atomic E-state index is 0.169. The first-order valence-corrected chi connectivity index (χ1v) is 8.98. The Balaban J connectivity index is 1.61. The number of hydrogen-bond acceptors (Lipinski definition) is 4. The zero-order valence-corrected chi connectivity index (χ0v) is 14.1. The van der Waals surface area contributed by atoms with Crippen LogP contribution in [-0.2, 0) is 6.54 Å². The van der Waals surface area contributed by atoms with Gasteiger partial charge in [0.05, 0.1) is 0 Å². The molecule has 0 saturated carbocycles. The van der Waals surface area contributed by atoms with E-state index in [1.807, 2.05) is 30.0 Å². The van der Waals surface area contributed by atoms with Crippen molar-refractivity contribution in [1.82, 2.24) is 10.3 Å². The zero-order chi connectivity index (χ0) is 16.1. The van der Waals surface area contributed by atoms with E-state index in [0.29, 0.717) is 23.0 Å². The maximum atomic E-state index is 12.3. The lowest BCUT2D eigenvalue weighted by atomic mass is 10.2. The molecule has 1 aliphatic rings. The van der Waals surface area contributed by atoms with E-state index >= 15 is 0 Å². The van der Waals surface area contributed by atoms with Crippen LogP contribution in [0.5, 0.6) is 5.88 Å². The van der Waals surface area contributed by atoms with Crippen LogP contribution in [-0.4, -0.2) is 28.5 Å². The van der Waals surface area contributed by atoms with Gasteiger partial charge in [0.25, 0.3) is 5.91 Å². The van der Waals surface area contributed by atoms with Gasteiger partial charge in [0, 0.05) is 35.1 Å². The van der Waals surface area contributed by atoms with Crippen molar-refractivity contribution in [2.45, 2.75) is 19.1 Å². The Morgan fingerprint density at radius 1 is 1.39 bits per heavy atom. The Morgan fingerprint density at radius 2 is 2.26 bits per heavy atom. The van der Waals surface area contributed by atoms with Crippen LogP contribution in [0.15, 0.2) is 42.6 Å². The SMILES string of the molecule is O=C(NCc1ccccc1Cl)c1ccnc(O[C@H]2CCSC2)c1. The molecule has 3 rings (SSSR count). The van der Waals surface area contributed by atoms with Crippen molar-refractivity contribution < 1.29 is 9.53 Å². The van der Waals surface area contributed by atoms with Crippen molar-refractivity contribution in [3.8, 4) is 5.88 Å². The van der Waals surface area contributed by atoms with E-state index in [2.05, 4.69) is 10.3 Å². The van der Waals surface area contributed by atoms with Crippen molar-refractivity contribution in [3.05, 3.63) is 58.7 Å². The summed E-state index contributed by atoms with van der Waals surface area (Å²) in [6.45, 7) is 0.385. The van der Waals surface area contributed by atoms with Gasteiger partial charge in [-0.3, -0.25) is 4.79 Å². The van der Waals surface area contributed by atoms with E-state index in [4.69, 9.17) is 16.3 Å². The fraction of sp³-hybridized carbons (Fsp3) is 0.294. The van der Waals surface area contributed by atoms with Gasteiger partial charge >= 0.3 is 0 Å². The summed E-state index contributed by atoms with van der Waals surface area (Å²) in [5.41, 5.74) is 1.42. The number of pyridine rings is 1. The number of ether oxygens (including phenoxy) is 1. The van der Waals surface area contributed by atoms with Crippen LogP contribution in [0.25, 0.3) is 0 Å². The Hall–Kier alpha value is -1.72. The Labute approximate surface area is 144 Å². The van der Waals surface area contributed by atoms with E-state index in [1.54, 1.807) is 24.4 Å². The van der Waals surface area contributed by atoms with Crippen LogP contribution in [0, 0.1) is 0 Å². The highest BCUT2D eigenvalue weighted by atomic mass is 35.5. The third kappa shape index (κ3) is 4.39. The summed E-state index contributed by atoms with van der Waals surface area (Å²) >= 11 is 7.97. The lowest BCUT2D eigenvalue weighted by Crippen LogP contribution is -2.23. The highest BCUT2D eigenvalue weighted by molar-refractivity contribution is 7.99. The van der Waals surface area contributed by atoms with Crippen molar-refractivity contribution in [3.63, 3.8) is 0 Å². The molecule has 0 bridgehead atoms. The molecule has 23 heavy (non-hydrogen) atoms. The molecule has 0 radical (unpaired) electrons. The number of aromatic nitrogens is 1. The summed E-state index contributed by atoms with van der Waals surface area (Å²) in [4.78, 5) is 16.5. The molecule has 4 nitrogen and oxygen atoms in total. The fourth-order valence-electron chi connectivity index (χ4n) is 2.31. The molecule has 1 aromatic heterocycles. The van der Waals surface area contributed by atoms with Crippen molar-refractivity contribution in [2.75, 3.05) is 11.5 Å². The first-order valence-electron chi connectivity index (χ1n) is 7.44. The van der Waals surface area contributed by atoms with Gasteiger partial charge in [-0.15, -0.1) is 0 Å². The van der Waals surface area contributed by atoms with Gasteiger partial charge in [-0.1, -0.05) is 29.8 Å². The largest absolute Gasteiger partial charge is 0.473 e. The number of amides is 1. The van der Waals surface area contributed by atoms with Crippen LogP contribution in [0.2, 0.25) is 5.02 Å². The van der Waals surface area contributed by atoms with Crippen LogP contribution in [0.1, 0.15) is 22.3 Å². The lowest BCUT2D eigenvalue weighted by molar-refractivity contribution is 0.0950. The van der Waals surface area contributed by atoms with Gasteiger partial charge in [0.15, 0.2) is 0 Å². The number of carbonyl (C=O) groups is 1. The number of rotatable bonds is 5. The van der Waals surface area contributed by atoms with E-state index in [1.165, 1.54) is 0 Å². The highest BCUT2D eigenvalue weighted by Gasteiger charge is 2.18. The molecule has 1 saturated heterocycles. The lowest BCUT2D eigenvalue weighted by Gasteiger charge is -2.12. The van der Waals surface area contributed by atoms with E-state index in [0.717, 1.165) is 23.5 Å². The summed E-state index contributed by atoms with van der Waals surface area (Å²) < 4.78 is 5.81. The second kappa shape index (κ2) is 7.70. The fourth-order valence-corrected chi connectivity index (χ4v) is 3.61. The second-order valence-electron chi connectivity index (χ2n) is 5.26. The molecule has 2 heterocycles. The Kier molecular flexibility index (Phi) is 5.41. The molecule has 1 atom stereocenters. The summed E-state index contributed by atoms with van der Waals surface area (Å²) in [5, 5.41) is 3.51. The zero-order valence-electron chi connectivity index (χ0n) is 12.5. The van der Waals surface area contributed by atoms with E-state index < -0.39 is 0 Å². The van der Waals surface area contributed by atoms with Gasteiger partial charge in [-0.05, 0) is 29.9 Å². The van der Waals surface area contributed by atoms with Crippen molar-refractivity contribution in [1.29, 1.82) is 0 Å². The Morgan fingerprint density at radius 3 is 3.04 bits per heavy atom. The molecule has 1 N–H and O–H groups in total. The van der Waals surface area contributed by atoms with Gasteiger partial charge in [-0.2, -0.15) is 11.8 Å². The van der Waals surface area contributed by atoms with E-state index in [9.17, 15) is 4.79 Å². The summed E-state index contributed by atoms with van der Waals surface area (Å²) in [5.74, 6) is 2.42. The molecule has 0 unspecified atom stereocenters. The third-order valence-electron chi connectivity index (χ3n) is 3.57. The molecule has 1 aromatic carbocycles. The summed E-state index contributed by atoms with van der Waals surface area (Å²) in [6.07, 6.45) is 2.81. The number of benzene rings is 1. The number of thioether (sulfide) groups is 1. The second-order valence-corrected chi connectivity index (χ2v) is 6.82. The Bertz CT molecular complexity index is 690. The van der Waals surface area contributed by atoms with Gasteiger partial charge in [0.1, 0.15) is 6.10 Å². The average molecular weight is 349 g/mol. The number of halogens is 1. The number of nitrogens with zero attached hydrogens (tertiary/aromatic N) is 1. The monoisotopic (exact) mass is 348 g/mol. The molecule has 0 spiro atoms. The predicted octanol–water partition coefficient (Wildman–Crippen LogP) is 3.55. The van der Waals surface area contributed by atoms with Crippen LogP contribution in [0.3, 0.4) is 0 Å². The van der Waals surface area contributed by atoms with E-state index in [-0.39, 0.29) is 12.0 Å².